The van der Waals surface area contributed by atoms with Crippen molar-refractivity contribution in [3.8, 4) is 0 Å². The third-order valence-electron chi connectivity index (χ3n) is 5.52. The van der Waals surface area contributed by atoms with Crippen molar-refractivity contribution in [1.29, 1.82) is 0 Å². The van der Waals surface area contributed by atoms with Gasteiger partial charge in [-0.3, -0.25) is 14.5 Å². The zero-order valence-corrected chi connectivity index (χ0v) is 16.2. The Morgan fingerprint density at radius 2 is 1.85 bits per heavy atom. The Kier molecular flexibility index (Phi) is 5.55. The molecule has 3 heterocycles. The summed E-state index contributed by atoms with van der Waals surface area (Å²) in [6.45, 7) is 3.63. The fraction of sp³-hybridized carbons (Fsp3) is 0.429. The zero-order valence-electron chi connectivity index (χ0n) is 15.4. The SMILES string of the molecule is O=C(Nc1ccccc1)C1CCN(CC(=O)N2CCc3sccc3C2)CC1. The van der Waals surface area contributed by atoms with Crippen molar-refractivity contribution in [3.05, 3.63) is 52.2 Å². The molecule has 1 saturated heterocycles. The number of likely N-dealkylation sites (tertiary alicyclic amines) is 1. The van der Waals surface area contributed by atoms with Crippen LogP contribution >= 0.6 is 11.3 Å². The summed E-state index contributed by atoms with van der Waals surface area (Å²) in [5.74, 6) is 0.326. The van der Waals surface area contributed by atoms with Gasteiger partial charge < -0.3 is 10.2 Å². The molecule has 0 bridgehead atoms. The number of amides is 2. The lowest BCUT2D eigenvalue weighted by molar-refractivity contribution is -0.133. The Morgan fingerprint density at radius 3 is 2.63 bits per heavy atom. The molecule has 6 heteroatoms. The molecule has 2 aliphatic heterocycles. The van der Waals surface area contributed by atoms with Gasteiger partial charge in [-0.25, -0.2) is 0 Å². The summed E-state index contributed by atoms with van der Waals surface area (Å²) < 4.78 is 0. The monoisotopic (exact) mass is 383 g/mol. The van der Waals surface area contributed by atoms with Gasteiger partial charge in [0, 0.05) is 29.6 Å². The molecule has 1 aromatic carbocycles. The standard InChI is InChI=1S/C21H25N3O2S/c25-20(24-12-8-19-17(14-24)9-13-27-19)15-23-10-6-16(7-11-23)21(26)22-18-4-2-1-3-5-18/h1-5,9,13,16H,6-8,10-12,14-15H2,(H,22,26). The summed E-state index contributed by atoms with van der Waals surface area (Å²) in [5.41, 5.74) is 2.15. The number of carbonyl (C=O) groups excluding carboxylic acids is 2. The van der Waals surface area contributed by atoms with Gasteiger partial charge in [-0.05, 0) is 61.5 Å². The minimum Gasteiger partial charge on any atom is -0.337 e. The third-order valence-corrected chi connectivity index (χ3v) is 6.54. The van der Waals surface area contributed by atoms with Gasteiger partial charge in [-0.15, -0.1) is 11.3 Å². The Labute approximate surface area is 164 Å². The van der Waals surface area contributed by atoms with Crippen LogP contribution in [0.3, 0.4) is 0 Å². The number of hydrogen-bond donors (Lipinski definition) is 1. The van der Waals surface area contributed by atoms with Crippen LogP contribution < -0.4 is 5.32 Å². The van der Waals surface area contributed by atoms with Crippen LogP contribution in [0.2, 0.25) is 0 Å². The fourth-order valence-electron chi connectivity index (χ4n) is 3.87. The first-order chi connectivity index (χ1) is 13.2. The van der Waals surface area contributed by atoms with Gasteiger partial charge in [0.15, 0.2) is 0 Å². The fourth-order valence-corrected chi connectivity index (χ4v) is 4.76. The molecule has 27 heavy (non-hydrogen) atoms. The van der Waals surface area contributed by atoms with Gasteiger partial charge in [-0.2, -0.15) is 0 Å². The van der Waals surface area contributed by atoms with Crippen LogP contribution in [0.1, 0.15) is 23.3 Å². The smallest absolute Gasteiger partial charge is 0.237 e. The molecule has 1 N–H and O–H groups in total. The van der Waals surface area contributed by atoms with Crippen molar-refractivity contribution < 1.29 is 9.59 Å². The van der Waals surface area contributed by atoms with E-state index in [2.05, 4.69) is 21.7 Å². The highest BCUT2D eigenvalue weighted by atomic mass is 32.1. The van der Waals surface area contributed by atoms with E-state index in [1.165, 1.54) is 10.4 Å². The number of para-hydroxylation sites is 1. The molecule has 0 atom stereocenters. The van der Waals surface area contributed by atoms with E-state index >= 15 is 0 Å². The van der Waals surface area contributed by atoms with Crippen LogP contribution in [0.5, 0.6) is 0 Å². The number of nitrogens with zero attached hydrogens (tertiary/aromatic N) is 2. The third kappa shape index (κ3) is 4.39. The first-order valence-corrected chi connectivity index (χ1v) is 10.5. The van der Waals surface area contributed by atoms with Gasteiger partial charge in [0.25, 0.3) is 0 Å². The summed E-state index contributed by atoms with van der Waals surface area (Å²) in [5, 5.41) is 5.11. The van der Waals surface area contributed by atoms with Crippen molar-refractivity contribution >= 4 is 28.8 Å². The molecule has 1 fully saturated rings. The minimum atomic E-state index is 0.0277. The topological polar surface area (TPSA) is 52.7 Å². The maximum absolute atomic E-state index is 12.7. The molecule has 5 nitrogen and oxygen atoms in total. The zero-order chi connectivity index (χ0) is 18.6. The van der Waals surface area contributed by atoms with Gasteiger partial charge in [0.05, 0.1) is 6.54 Å². The lowest BCUT2D eigenvalue weighted by atomic mass is 9.95. The Balaban J connectivity index is 1.23. The predicted molar refractivity (Wildman–Crippen MR) is 108 cm³/mol. The Bertz CT molecular complexity index is 797. The highest BCUT2D eigenvalue weighted by Gasteiger charge is 2.28. The van der Waals surface area contributed by atoms with Gasteiger partial charge >= 0.3 is 0 Å². The highest BCUT2D eigenvalue weighted by molar-refractivity contribution is 7.10. The normalized spacial score (nSPS) is 18.1. The van der Waals surface area contributed by atoms with Crippen molar-refractivity contribution in [3.63, 3.8) is 0 Å². The van der Waals surface area contributed by atoms with Crippen molar-refractivity contribution in [2.24, 2.45) is 5.92 Å². The van der Waals surface area contributed by atoms with Gasteiger partial charge in [-0.1, -0.05) is 18.2 Å². The van der Waals surface area contributed by atoms with Crippen LogP contribution in [0.4, 0.5) is 5.69 Å². The molecule has 0 aliphatic carbocycles. The average molecular weight is 384 g/mol. The minimum absolute atomic E-state index is 0.0277. The number of thiophene rings is 1. The molecule has 2 aliphatic rings. The molecule has 0 saturated carbocycles. The van der Waals surface area contributed by atoms with E-state index in [1.807, 2.05) is 35.2 Å². The number of nitrogens with one attached hydrogen (secondary N) is 1. The van der Waals surface area contributed by atoms with E-state index < -0.39 is 0 Å². The van der Waals surface area contributed by atoms with Crippen LogP contribution in [0.25, 0.3) is 0 Å². The van der Waals surface area contributed by atoms with Gasteiger partial charge in [0.1, 0.15) is 0 Å². The van der Waals surface area contributed by atoms with Crippen molar-refractivity contribution in [2.75, 3.05) is 31.5 Å². The molecule has 2 amide bonds. The molecular formula is C21H25N3O2S. The number of piperidine rings is 1. The molecule has 4 rings (SSSR count). The maximum Gasteiger partial charge on any atom is 0.237 e. The number of carbonyl (C=O) groups is 2. The number of anilines is 1. The molecule has 142 valence electrons. The molecule has 1 aromatic heterocycles. The van der Waals surface area contributed by atoms with Crippen molar-refractivity contribution in [2.45, 2.75) is 25.8 Å². The molecule has 0 radical (unpaired) electrons. The average Bonchev–Trinajstić information content (AvgIpc) is 3.17. The summed E-state index contributed by atoms with van der Waals surface area (Å²) in [6.07, 6.45) is 2.59. The van der Waals surface area contributed by atoms with E-state index in [4.69, 9.17) is 0 Å². The van der Waals surface area contributed by atoms with Crippen LogP contribution in [-0.2, 0) is 22.6 Å². The van der Waals surface area contributed by atoms with Crippen LogP contribution in [0, 0.1) is 5.92 Å². The quantitative estimate of drug-likeness (QED) is 0.883. The highest BCUT2D eigenvalue weighted by Crippen LogP contribution is 2.25. The Hall–Kier alpha value is -2.18. The predicted octanol–water partition coefficient (Wildman–Crippen LogP) is 2.98. The maximum atomic E-state index is 12.7. The first kappa shape index (κ1) is 18.2. The first-order valence-electron chi connectivity index (χ1n) is 9.60. The summed E-state index contributed by atoms with van der Waals surface area (Å²) in [6, 6.07) is 11.7. The number of fused-ring (bicyclic) bond motifs is 1. The lowest BCUT2D eigenvalue weighted by Crippen LogP contribution is -2.45. The second kappa shape index (κ2) is 8.23. The van der Waals surface area contributed by atoms with Crippen molar-refractivity contribution in [1.82, 2.24) is 9.80 Å². The van der Waals surface area contributed by atoms with Crippen LogP contribution in [0.15, 0.2) is 41.8 Å². The number of rotatable bonds is 4. The number of benzene rings is 1. The second-order valence-corrected chi connectivity index (χ2v) is 8.34. The lowest BCUT2D eigenvalue weighted by Gasteiger charge is -2.33. The largest absolute Gasteiger partial charge is 0.337 e. The number of hydrogen-bond acceptors (Lipinski definition) is 4. The van der Waals surface area contributed by atoms with E-state index in [0.717, 1.165) is 51.1 Å². The summed E-state index contributed by atoms with van der Waals surface area (Å²) in [4.78, 5) is 30.7. The van der Waals surface area contributed by atoms with E-state index in [9.17, 15) is 9.59 Å². The molecular weight excluding hydrogens is 358 g/mol. The molecule has 0 unspecified atom stereocenters. The molecule has 0 spiro atoms. The van der Waals surface area contributed by atoms with Gasteiger partial charge in [0.2, 0.25) is 11.8 Å². The summed E-state index contributed by atoms with van der Waals surface area (Å²) in [7, 11) is 0. The van der Waals surface area contributed by atoms with E-state index in [1.54, 1.807) is 11.3 Å². The van der Waals surface area contributed by atoms with E-state index in [0.29, 0.717) is 6.54 Å². The van der Waals surface area contributed by atoms with E-state index in [-0.39, 0.29) is 17.7 Å². The second-order valence-electron chi connectivity index (χ2n) is 7.34. The van der Waals surface area contributed by atoms with Crippen LogP contribution in [-0.4, -0.2) is 47.8 Å². The Morgan fingerprint density at radius 1 is 1.07 bits per heavy atom. The molecule has 2 aromatic rings. The summed E-state index contributed by atoms with van der Waals surface area (Å²) >= 11 is 1.79.